The largest absolute Gasteiger partial charge is 0.495 e. The Hall–Kier alpha value is -3.09. The first kappa shape index (κ1) is 17.3. The highest BCUT2D eigenvalue weighted by molar-refractivity contribution is 6.01. The normalized spacial score (nSPS) is 9.83. The van der Waals surface area contributed by atoms with Gasteiger partial charge in [-0.1, -0.05) is 12.1 Å². The molecule has 0 bridgehead atoms. The Labute approximate surface area is 140 Å². The van der Waals surface area contributed by atoms with Crippen LogP contribution in [-0.2, 0) is 0 Å². The minimum Gasteiger partial charge on any atom is -0.495 e. The van der Waals surface area contributed by atoms with Gasteiger partial charge in [-0.2, -0.15) is 0 Å². The van der Waals surface area contributed by atoms with Gasteiger partial charge in [0.1, 0.15) is 5.75 Å². The molecule has 0 saturated carbocycles. The SMILES string of the molecule is COc1ccccc1NC(=O)Nc1cc(OC)c(OC)c(OC)c1. The van der Waals surface area contributed by atoms with Gasteiger partial charge >= 0.3 is 6.03 Å². The second-order valence-electron chi connectivity index (χ2n) is 4.69. The summed E-state index contributed by atoms with van der Waals surface area (Å²) in [5.74, 6) is 1.92. The fraction of sp³-hybridized carbons (Fsp3) is 0.235. The van der Waals surface area contributed by atoms with Crippen molar-refractivity contribution in [3.8, 4) is 23.0 Å². The fourth-order valence-corrected chi connectivity index (χ4v) is 2.19. The first-order chi connectivity index (χ1) is 11.6. The van der Waals surface area contributed by atoms with E-state index >= 15 is 0 Å². The number of hydrogen-bond donors (Lipinski definition) is 2. The van der Waals surface area contributed by atoms with Crippen LogP contribution in [0.2, 0.25) is 0 Å². The number of anilines is 2. The van der Waals surface area contributed by atoms with Crippen LogP contribution >= 0.6 is 0 Å². The van der Waals surface area contributed by atoms with E-state index in [1.54, 1.807) is 30.3 Å². The van der Waals surface area contributed by atoms with Gasteiger partial charge in [0.25, 0.3) is 0 Å². The maximum atomic E-state index is 12.2. The smallest absolute Gasteiger partial charge is 0.323 e. The topological polar surface area (TPSA) is 78.1 Å². The molecule has 2 aromatic carbocycles. The molecule has 7 heteroatoms. The average molecular weight is 332 g/mol. The summed E-state index contributed by atoms with van der Waals surface area (Å²) in [6.07, 6.45) is 0. The van der Waals surface area contributed by atoms with Crippen molar-refractivity contribution in [3.05, 3.63) is 36.4 Å². The standard InChI is InChI=1S/C17H20N2O5/c1-21-13-8-6-5-7-12(13)19-17(20)18-11-9-14(22-2)16(24-4)15(10-11)23-3/h5-10H,1-4H3,(H2,18,19,20). The molecule has 0 unspecified atom stereocenters. The van der Waals surface area contributed by atoms with E-state index in [4.69, 9.17) is 18.9 Å². The predicted octanol–water partition coefficient (Wildman–Crippen LogP) is 3.37. The molecular weight excluding hydrogens is 312 g/mol. The maximum absolute atomic E-state index is 12.2. The molecule has 128 valence electrons. The first-order valence-corrected chi connectivity index (χ1v) is 7.14. The zero-order valence-electron chi connectivity index (χ0n) is 14.0. The lowest BCUT2D eigenvalue weighted by Gasteiger charge is -2.15. The van der Waals surface area contributed by atoms with Gasteiger partial charge in [0.2, 0.25) is 5.75 Å². The van der Waals surface area contributed by atoms with Gasteiger partial charge in [0, 0.05) is 12.1 Å². The molecule has 0 spiro atoms. The zero-order chi connectivity index (χ0) is 17.5. The molecule has 0 saturated heterocycles. The summed E-state index contributed by atoms with van der Waals surface area (Å²) < 4.78 is 21.0. The second-order valence-corrected chi connectivity index (χ2v) is 4.69. The van der Waals surface area contributed by atoms with Crippen molar-refractivity contribution in [1.29, 1.82) is 0 Å². The minimum absolute atomic E-state index is 0.422. The average Bonchev–Trinajstić information content (AvgIpc) is 2.61. The molecule has 7 nitrogen and oxygen atoms in total. The monoisotopic (exact) mass is 332 g/mol. The van der Waals surface area contributed by atoms with E-state index in [9.17, 15) is 4.79 Å². The van der Waals surface area contributed by atoms with Crippen molar-refractivity contribution >= 4 is 17.4 Å². The Morgan fingerprint density at radius 3 is 1.92 bits per heavy atom. The molecule has 2 amide bonds. The maximum Gasteiger partial charge on any atom is 0.323 e. The van der Waals surface area contributed by atoms with Crippen molar-refractivity contribution in [2.75, 3.05) is 39.1 Å². The van der Waals surface area contributed by atoms with Crippen LogP contribution in [0.4, 0.5) is 16.2 Å². The number of rotatable bonds is 6. The van der Waals surface area contributed by atoms with Crippen molar-refractivity contribution in [3.63, 3.8) is 0 Å². The van der Waals surface area contributed by atoms with Crippen LogP contribution in [0.1, 0.15) is 0 Å². The lowest BCUT2D eigenvalue weighted by atomic mass is 10.2. The molecule has 24 heavy (non-hydrogen) atoms. The number of nitrogens with one attached hydrogen (secondary N) is 2. The molecule has 0 aliphatic rings. The number of para-hydroxylation sites is 2. The summed E-state index contributed by atoms with van der Waals surface area (Å²) in [6, 6.07) is 9.99. The summed E-state index contributed by atoms with van der Waals surface area (Å²) >= 11 is 0. The Bertz CT molecular complexity index is 693. The van der Waals surface area contributed by atoms with E-state index in [1.165, 1.54) is 28.4 Å². The number of amides is 2. The molecule has 2 aromatic rings. The number of carbonyl (C=O) groups is 1. The Kier molecular flexibility index (Phi) is 5.73. The van der Waals surface area contributed by atoms with Crippen LogP contribution in [-0.4, -0.2) is 34.5 Å². The molecule has 0 atom stereocenters. The van der Waals surface area contributed by atoms with Crippen LogP contribution in [0.5, 0.6) is 23.0 Å². The van der Waals surface area contributed by atoms with Crippen LogP contribution in [0.25, 0.3) is 0 Å². The van der Waals surface area contributed by atoms with Crippen LogP contribution < -0.4 is 29.6 Å². The molecule has 2 rings (SSSR count). The third-order valence-electron chi connectivity index (χ3n) is 3.28. The number of benzene rings is 2. The van der Waals surface area contributed by atoms with E-state index in [-0.39, 0.29) is 0 Å². The molecule has 0 heterocycles. The molecule has 0 fully saturated rings. The summed E-state index contributed by atoms with van der Waals surface area (Å²) in [7, 11) is 6.07. The molecule has 0 radical (unpaired) electrons. The van der Waals surface area contributed by atoms with Gasteiger partial charge in [-0.15, -0.1) is 0 Å². The van der Waals surface area contributed by atoms with Crippen molar-refractivity contribution in [2.24, 2.45) is 0 Å². The number of hydrogen-bond acceptors (Lipinski definition) is 5. The van der Waals surface area contributed by atoms with E-state index in [0.29, 0.717) is 34.4 Å². The van der Waals surface area contributed by atoms with Gasteiger partial charge in [-0.3, -0.25) is 0 Å². The van der Waals surface area contributed by atoms with E-state index < -0.39 is 6.03 Å². The van der Waals surface area contributed by atoms with Gasteiger partial charge < -0.3 is 29.6 Å². The van der Waals surface area contributed by atoms with Crippen molar-refractivity contribution in [2.45, 2.75) is 0 Å². The van der Waals surface area contributed by atoms with E-state index in [0.717, 1.165) is 0 Å². The van der Waals surface area contributed by atoms with Gasteiger partial charge in [0.15, 0.2) is 11.5 Å². The van der Waals surface area contributed by atoms with Crippen LogP contribution in [0, 0.1) is 0 Å². The van der Waals surface area contributed by atoms with Crippen LogP contribution in [0.3, 0.4) is 0 Å². The molecule has 2 N–H and O–H groups in total. The van der Waals surface area contributed by atoms with Gasteiger partial charge in [-0.05, 0) is 12.1 Å². The van der Waals surface area contributed by atoms with Crippen molar-refractivity contribution < 1.29 is 23.7 Å². The Morgan fingerprint density at radius 2 is 1.38 bits per heavy atom. The molecule has 0 aliphatic carbocycles. The lowest BCUT2D eigenvalue weighted by molar-refractivity contribution is 0.262. The molecule has 0 aliphatic heterocycles. The zero-order valence-corrected chi connectivity index (χ0v) is 14.0. The van der Waals surface area contributed by atoms with Crippen LogP contribution in [0.15, 0.2) is 36.4 Å². The summed E-state index contributed by atoms with van der Waals surface area (Å²) in [5.41, 5.74) is 1.06. The van der Waals surface area contributed by atoms with E-state index in [1.807, 2.05) is 6.07 Å². The number of methoxy groups -OCH3 is 4. The summed E-state index contributed by atoms with van der Waals surface area (Å²) in [6.45, 7) is 0. The van der Waals surface area contributed by atoms with E-state index in [2.05, 4.69) is 10.6 Å². The minimum atomic E-state index is -0.422. The third kappa shape index (κ3) is 3.81. The predicted molar refractivity (Wildman–Crippen MR) is 91.7 cm³/mol. The highest BCUT2D eigenvalue weighted by Gasteiger charge is 2.15. The van der Waals surface area contributed by atoms with Crippen molar-refractivity contribution in [1.82, 2.24) is 0 Å². The molecular formula is C17H20N2O5. The number of urea groups is 1. The van der Waals surface area contributed by atoms with Gasteiger partial charge in [0.05, 0.1) is 39.8 Å². The summed E-state index contributed by atoms with van der Waals surface area (Å²) in [5, 5.41) is 5.45. The quantitative estimate of drug-likeness (QED) is 0.848. The highest BCUT2D eigenvalue weighted by atomic mass is 16.5. The fourth-order valence-electron chi connectivity index (χ4n) is 2.19. The Morgan fingerprint density at radius 1 is 0.792 bits per heavy atom. The highest BCUT2D eigenvalue weighted by Crippen LogP contribution is 2.40. The molecule has 0 aromatic heterocycles. The Balaban J connectivity index is 2.19. The second kappa shape index (κ2) is 7.96. The first-order valence-electron chi connectivity index (χ1n) is 7.14. The summed E-state index contributed by atoms with van der Waals surface area (Å²) in [4.78, 5) is 12.2. The number of ether oxygens (including phenoxy) is 4. The lowest BCUT2D eigenvalue weighted by Crippen LogP contribution is -2.20. The van der Waals surface area contributed by atoms with Gasteiger partial charge in [-0.25, -0.2) is 4.79 Å². The third-order valence-corrected chi connectivity index (χ3v) is 3.28. The number of carbonyl (C=O) groups excluding carboxylic acids is 1.